The highest BCUT2D eigenvalue weighted by molar-refractivity contribution is 5.67. The van der Waals surface area contributed by atoms with E-state index in [4.69, 9.17) is 9.84 Å². The Hall–Kier alpha value is -1.39. The van der Waals surface area contributed by atoms with Crippen LogP contribution < -0.4 is 0 Å². The van der Waals surface area contributed by atoms with Gasteiger partial charge in [0.15, 0.2) is 0 Å². The van der Waals surface area contributed by atoms with E-state index in [2.05, 4.69) is 29.2 Å². The molecule has 0 bridgehead atoms. The van der Waals surface area contributed by atoms with Crippen LogP contribution in [0.1, 0.15) is 24.8 Å². The van der Waals surface area contributed by atoms with E-state index >= 15 is 0 Å². The number of likely N-dealkylation sites (tertiary alicyclic amines) is 1. The van der Waals surface area contributed by atoms with Crippen LogP contribution >= 0.6 is 0 Å². The van der Waals surface area contributed by atoms with Crippen LogP contribution in [-0.4, -0.2) is 41.8 Å². The Balaban J connectivity index is 1.86. The van der Waals surface area contributed by atoms with E-state index in [-0.39, 0.29) is 6.61 Å². The van der Waals surface area contributed by atoms with Crippen molar-refractivity contribution in [3.05, 3.63) is 35.9 Å². The Morgan fingerprint density at radius 1 is 1.32 bits per heavy atom. The van der Waals surface area contributed by atoms with Gasteiger partial charge in [0.2, 0.25) is 0 Å². The molecule has 1 unspecified atom stereocenters. The number of hydrogen-bond acceptors (Lipinski definition) is 3. The van der Waals surface area contributed by atoms with Crippen molar-refractivity contribution in [3.8, 4) is 0 Å². The van der Waals surface area contributed by atoms with E-state index < -0.39 is 5.97 Å². The molecule has 0 radical (unpaired) electrons. The van der Waals surface area contributed by atoms with Crippen LogP contribution in [0.15, 0.2) is 30.3 Å². The van der Waals surface area contributed by atoms with Gasteiger partial charge in [0, 0.05) is 12.6 Å². The number of nitrogens with zero attached hydrogens (tertiary/aromatic N) is 1. The molecular formula is C15H21NO3. The second kappa shape index (κ2) is 7.26. The summed E-state index contributed by atoms with van der Waals surface area (Å²) < 4.78 is 5.26. The number of hydrogen-bond donors (Lipinski definition) is 1. The van der Waals surface area contributed by atoms with Crippen molar-refractivity contribution in [2.75, 3.05) is 19.8 Å². The van der Waals surface area contributed by atoms with Gasteiger partial charge < -0.3 is 9.84 Å². The highest BCUT2D eigenvalue weighted by atomic mass is 16.5. The van der Waals surface area contributed by atoms with Gasteiger partial charge in [0.05, 0.1) is 6.61 Å². The van der Waals surface area contributed by atoms with Crippen molar-refractivity contribution >= 4 is 5.97 Å². The van der Waals surface area contributed by atoms with Crippen LogP contribution in [0.25, 0.3) is 0 Å². The standard InChI is InChI=1S/C15H21NO3/c17-15(18)12-19-11-14-8-4-5-9-16(14)10-13-6-2-1-3-7-13/h1-3,6-7,14H,4-5,8-12H2,(H,17,18). The Kier molecular flexibility index (Phi) is 5.36. The number of benzene rings is 1. The molecule has 0 aliphatic carbocycles. The first-order chi connectivity index (χ1) is 9.25. The number of piperidine rings is 1. The number of rotatable bonds is 6. The van der Waals surface area contributed by atoms with E-state index in [1.807, 2.05) is 6.07 Å². The molecular weight excluding hydrogens is 242 g/mol. The van der Waals surface area contributed by atoms with Gasteiger partial charge in [0.25, 0.3) is 0 Å². The van der Waals surface area contributed by atoms with Gasteiger partial charge in [-0.25, -0.2) is 4.79 Å². The zero-order chi connectivity index (χ0) is 13.5. The van der Waals surface area contributed by atoms with Crippen LogP contribution in [0.3, 0.4) is 0 Å². The van der Waals surface area contributed by atoms with Crippen molar-refractivity contribution in [2.24, 2.45) is 0 Å². The Morgan fingerprint density at radius 3 is 2.84 bits per heavy atom. The number of carboxylic acid groups (broad SMARTS) is 1. The second-order valence-electron chi connectivity index (χ2n) is 5.01. The zero-order valence-corrected chi connectivity index (χ0v) is 11.1. The lowest BCUT2D eigenvalue weighted by Crippen LogP contribution is -2.42. The summed E-state index contributed by atoms with van der Waals surface area (Å²) in [6.07, 6.45) is 3.50. The van der Waals surface area contributed by atoms with E-state index in [1.165, 1.54) is 18.4 Å². The molecule has 1 N–H and O–H groups in total. The summed E-state index contributed by atoms with van der Waals surface area (Å²) in [5.41, 5.74) is 1.30. The minimum absolute atomic E-state index is 0.199. The second-order valence-corrected chi connectivity index (χ2v) is 5.01. The minimum atomic E-state index is -0.898. The first-order valence-electron chi connectivity index (χ1n) is 6.83. The third-order valence-electron chi connectivity index (χ3n) is 3.51. The molecule has 4 heteroatoms. The molecule has 0 spiro atoms. The fourth-order valence-electron chi connectivity index (χ4n) is 2.56. The highest BCUT2D eigenvalue weighted by Crippen LogP contribution is 2.19. The van der Waals surface area contributed by atoms with E-state index in [0.29, 0.717) is 12.6 Å². The van der Waals surface area contributed by atoms with Crippen LogP contribution in [0.5, 0.6) is 0 Å². The molecule has 0 saturated carbocycles. The Bertz CT molecular complexity index is 394. The van der Waals surface area contributed by atoms with E-state index in [9.17, 15) is 4.79 Å². The first kappa shape index (κ1) is 14.0. The quantitative estimate of drug-likeness (QED) is 0.854. The molecule has 2 rings (SSSR count). The number of ether oxygens (including phenoxy) is 1. The van der Waals surface area contributed by atoms with Crippen LogP contribution in [-0.2, 0) is 16.1 Å². The summed E-state index contributed by atoms with van der Waals surface area (Å²) >= 11 is 0. The highest BCUT2D eigenvalue weighted by Gasteiger charge is 2.22. The third-order valence-corrected chi connectivity index (χ3v) is 3.51. The number of aliphatic carboxylic acids is 1. The monoisotopic (exact) mass is 263 g/mol. The van der Waals surface area contributed by atoms with Crippen molar-refractivity contribution < 1.29 is 14.6 Å². The molecule has 0 amide bonds. The van der Waals surface area contributed by atoms with Gasteiger partial charge in [-0.15, -0.1) is 0 Å². The smallest absolute Gasteiger partial charge is 0.329 e. The molecule has 1 aromatic carbocycles. The Morgan fingerprint density at radius 2 is 2.11 bits per heavy atom. The van der Waals surface area contributed by atoms with Gasteiger partial charge in [-0.1, -0.05) is 36.8 Å². The molecule has 1 saturated heterocycles. The Labute approximate surface area is 114 Å². The average molecular weight is 263 g/mol. The van der Waals surface area contributed by atoms with Crippen molar-refractivity contribution in [1.29, 1.82) is 0 Å². The molecule has 1 fully saturated rings. The summed E-state index contributed by atoms with van der Waals surface area (Å²) in [5.74, 6) is -0.898. The molecule has 1 aromatic rings. The topological polar surface area (TPSA) is 49.8 Å². The first-order valence-corrected chi connectivity index (χ1v) is 6.83. The van der Waals surface area contributed by atoms with Crippen molar-refractivity contribution in [3.63, 3.8) is 0 Å². The van der Waals surface area contributed by atoms with Gasteiger partial charge in [-0.3, -0.25) is 4.90 Å². The van der Waals surface area contributed by atoms with Crippen LogP contribution in [0, 0.1) is 0 Å². The van der Waals surface area contributed by atoms with Crippen molar-refractivity contribution in [1.82, 2.24) is 4.90 Å². The van der Waals surface area contributed by atoms with Crippen molar-refractivity contribution in [2.45, 2.75) is 31.8 Å². The predicted octanol–water partition coefficient (Wildman–Crippen LogP) is 2.14. The predicted molar refractivity (Wildman–Crippen MR) is 72.9 cm³/mol. The maximum atomic E-state index is 10.5. The molecule has 104 valence electrons. The largest absolute Gasteiger partial charge is 0.480 e. The van der Waals surface area contributed by atoms with Crippen LogP contribution in [0.2, 0.25) is 0 Å². The molecule has 1 heterocycles. The fourth-order valence-corrected chi connectivity index (χ4v) is 2.56. The van der Waals surface area contributed by atoms with E-state index in [0.717, 1.165) is 19.5 Å². The summed E-state index contributed by atoms with van der Waals surface area (Å²) in [7, 11) is 0. The summed E-state index contributed by atoms with van der Waals surface area (Å²) in [6.45, 7) is 2.30. The lowest BCUT2D eigenvalue weighted by atomic mass is 10.0. The lowest BCUT2D eigenvalue weighted by Gasteiger charge is -2.35. The average Bonchev–Trinajstić information content (AvgIpc) is 2.41. The number of carboxylic acids is 1. The normalized spacial score (nSPS) is 20.3. The van der Waals surface area contributed by atoms with E-state index in [1.54, 1.807) is 0 Å². The third kappa shape index (κ3) is 4.65. The van der Waals surface area contributed by atoms with Gasteiger partial charge >= 0.3 is 5.97 Å². The summed E-state index contributed by atoms with van der Waals surface area (Å²) in [6, 6.07) is 10.7. The number of carbonyl (C=O) groups is 1. The molecule has 4 nitrogen and oxygen atoms in total. The molecule has 1 atom stereocenters. The van der Waals surface area contributed by atoms with Gasteiger partial charge in [-0.2, -0.15) is 0 Å². The van der Waals surface area contributed by atoms with Crippen LogP contribution in [0.4, 0.5) is 0 Å². The van der Waals surface area contributed by atoms with Gasteiger partial charge in [-0.05, 0) is 24.9 Å². The molecule has 0 aromatic heterocycles. The lowest BCUT2D eigenvalue weighted by molar-refractivity contribution is -0.143. The molecule has 19 heavy (non-hydrogen) atoms. The fraction of sp³-hybridized carbons (Fsp3) is 0.533. The molecule has 1 aliphatic heterocycles. The zero-order valence-electron chi connectivity index (χ0n) is 11.1. The molecule has 1 aliphatic rings. The maximum absolute atomic E-state index is 10.5. The minimum Gasteiger partial charge on any atom is -0.480 e. The summed E-state index contributed by atoms with van der Waals surface area (Å²) in [4.78, 5) is 12.9. The van der Waals surface area contributed by atoms with Gasteiger partial charge in [0.1, 0.15) is 6.61 Å². The summed E-state index contributed by atoms with van der Waals surface area (Å²) in [5, 5.41) is 8.61. The maximum Gasteiger partial charge on any atom is 0.329 e. The SMILES string of the molecule is O=C(O)COCC1CCCCN1Cc1ccccc1.